The van der Waals surface area contributed by atoms with Crippen molar-refractivity contribution in [3.05, 3.63) is 23.8 Å². The number of phenolic OH excluding ortho intramolecular Hbond substituents is 1. The average Bonchev–Trinajstić information content (AvgIpc) is 2.32. The quantitative estimate of drug-likeness (QED) is 0.609. The van der Waals surface area contributed by atoms with Crippen molar-refractivity contribution >= 4 is 18.9 Å². The van der Waals surface area contributed by atoms with Gasteiger partial charge in [-0.3, -0.25) is 14.4 Å². The number of aromatic hydroxyl groups is 1. The van der Waals surface area contributed by atoms with E-state index in [9.17, 15) is 9.90 Å². The molecule has 0 saturated carbocycles. The second-order valence-electron chi connectivity index (χ2n) is 2.55. The van der Waals surface area contributed by atoms with E-state index in [4.69, 9.17) is 14.3 Å². The van der Waals surface area contributed by atoms with Gasteiger partial charge < -0.3 is 9.84 Å². The standard InChI is InChI=1S/C9H10O3.C2H2O2/c1-2-12-9-5-7(6-10)3-4-8(9)11;3-1-2-4/h3-6,11H,2H2,1H3;1-2H. The maximum Gasteiger partial charge on any atom is 0.182 e. The van der Waals surface area contributed by atoms with E-state index in [0.717, 1.165) is 0 Å². The summed E-state index contributed by atoms with van der Waals surface area (Å²) in [5, 5.41) is 9.22. The van der Waals surface area contributed by atoms with Gasteiger partial charge in [-0.2, -0.15) is 0 Å². The number of aldehydes is 3. The Balaban J connectivity index is 0.000000487. The van der Waals surface area contributed by atoms with Crippen LogP contribution >= 0.6 is 0 Å². The molecule has 0 aliphatic carbocycles. The fourth-order valence-corrected chi connectivity index (χ4v) is 0.875. The maximum absolute atomic E-state index is 10.3. The number of benzene rings is 1. The van der Waals surface area contributed by atoms with Gasteiger partial charge in [-0.15, -0.1) is 0 Å². The van der Waals surface area contributed by atoms with Gasteiger partial charge in [0, 0.05) is 5.56 Å². The Bertz CT molecular complexity index is 353. The highest BCUT2D eigenvalue weighted by molar-refractivity contribution is 6.09. The summed E-state index contributed by atoms with van der Waals surface area (Å²) in [6.45, 7) is 2.28. The molecule has 0 bridgehead atoms. The summed E-state index contributed by atoms with van der Waals surface area (Å²) in [7, 11) is 0. The van der Waals surface area contributed by atoms with Crippen LogP contribution in [0, 0.1) is 0 Å². The lowest BCUT2D eigenvalue weighted by molar-refractivity contribution is -0.122. The topological polar surface area (TPSA) is 80.7 Å². The summed E-state index contributed by atoms with van der Waals surface area (Å²) in [5.41, 5.74) is 0.497. The van der Waals surface area contributed by atoms with Gasteiger partial charge in [0.05, 0.1) is 6.61 Å². The van der Waals surface area contributed by atoms with E-state index in [1.807, 2.05) is 6.92 Å². The van der Waals surface area contributed by atoms with E-state index >= 15 is 0 Å². The normalized spacial score (nSPS) is 8.31. The molecular weight excluding hydrogens is 212 g/mol. The number of rotatable bonds is 4. The van der Waals surface area contributed by atoms with Crippen molar-refractivity contribution in [1.29, 1.82) is 0 Å². The lowest BCUT2D eigenvalue weighted by Gasteiger charge is -2.04. The van der Waals surface area contributed by atoms with Crippen LogP contribution < -0.4 is 4.74 Å². The number of hydrogen-bond donors (Lipinski definition) is 1. The minimum Gasteiger partial charge on any atom is -0.504 e. The third kappa shape index (κ3) is 4.90. The van der Waals surface area contributed by atoms with Crippen LogP contribution in [-0.2, 0) is 9.59 Å². The van der Waals surface area contributed by atoms with Crippen molar-refractivity contribution in [1.82, 2.24) is 0 Å². The Labute approximate surface area is 92.7 Å². The molecule has 1 rings (SSSR count). The Kier molecular flexibility index (Phi) is 7.06. The zero-order valence-corrected chi connectivity index (χ0v) is 8.75. The SMILES string of the molecule is CCOc1cc(C=O)ccc1O.O=CC=O. The fraction of sp³-hybridized carbons (Fsp3) is 0.182. The summed E-state index contributed by atoms with van der Waals surface area (Å²) in [6.07, 6.45) is 1.10. The number of hydrogen-bond acceptors (Lipinski definition) is 5. The van der Waals surface area contributed by atoms with E-state index in [0.29, 0.717) is 24.2 Å². The highest BCUT2D eigenvalue weighted by Crippen LogP contribution is 2.25. The van der Waals surface area contributed by atoms with Crippen molar-refractivity contribution in [2.45, 2.75) is 6.92 Å². The molecule has 0 heterocycles. The van der Waals surface area contributed by atoms with Crippen molar-refractivity contribution in [3.8, 4) is 11.5 Å². The number of ether oxygens (including phenoxy) is 1. The maximum atomic E-state index is 10.3. The van der Waals surface area contributed by atoms with Gasteiger partial charge in [0.2, 0.25) is 0 Å². The Morgan fingerprint density at radius 3 is 2.31 bits per heavy atom. The van der Waals surface area contributed by atoms with Crippen molar-refractivity contribution in [2.24, 2.45) is 0 Å². The molecule has 1 aromatic rings. The zero-order chi connectivity index (χ0) is 12.4. The summed E-state index contributed by atoms with van der Waals surface area (Å²) in [4.78, 5) is 27.9. The first-order chi connectivity index (χ1) is 7.69. The van der Waals surface area contributed by atoms with E-state index in [2.05, 4.69) is 0 Å². The highest BCUT2D eigenvalue weighted by Gasteiger charge is 2.01. The van der Waals surface area contributed by atoms with Crippen LogP contribution in [0.1, 0.15) is 17.3 Å². The highest BCUT2D eigenvalue weighted by atomic mass is 16.5. The monoisotopic (exact) mass is 224 g/mol. The second kappa shape index (κ2) is 8.16. The molecule has 0 aliphatic rings. The molecule has 0 aromatic heterocycles. The summed E-state index contributed by atoms with van der Waals surface area (Å²) < 4.78 is 5.07. The van der Waals surface area contributed by atoms with Gasteiger partial charge >= 0.3 is 0 Å². The molecule has 5 nitrogen and oxygen atoms in total. The minimum absolute atomic E-state index is 0.0578. The molecule has 0 atom stereocenters. The van der Waals surface area contributed by atoms with E-state index in [1.165, 1.54) is 18.2 Å². The van der Waals surface area contributed by atoms with Gasteiger partial charge in [-0.05, 0) is 25.1 Å². The minimum atomic E-state index is 0.0578. The Morgan fingerprint density at radius 1 is 1.25 bits per heavy atom. The summed E-state index contributed by atoms with van der Waals surface area (Å²) in [6, 6.07) is 4.48. The van der Waals surface area contributed by atoms with Gasteiger partial charge in [0.1, 0.15) is 6.29 Å². The molecule has 86 valence electrons. The first-order valence-corrected chi connectivity index (χ1v) is 4.49. The largest absolute Gasteiger partial charge is 0.504 e. The third-order valence-electron chi connectivity index (χ3n) is 1.48. The third-order valence-corrected chi connectivity index (χ3v) is 1.48. The van der Waals surface area contributed by atoms with Crippen molar-refractivity contribution in [3.63, 3.8) is 0 Å². The predicted molar refractivity (Wildman–Crippen MR) is 56.8 cm³/mol. The van der Waals surface area contributed by atoms with Crippen LogP contribution in [0.15, 0.2) is 18.2 Å². The van der Waals surface area contributed by atoms with Gasteiger partial charge in [-0.1, -0.05) is 0 Å². The Morgan fingerprint density at radius 2 is 1.88 bits per heavy atom. The number of carbonyl (C=O) groups excluding carboxylic acids is 3. The van der Waals surface area contributed by atoms with E-state index < -0.39 is 0 Å². The molecular formula is C11H12O5. The Hall–Kier alpha value is -2.17. The molecule has 1 aromatic carbocycles. The molecule has 1 N–H and O–H groups in total. The average molecular weight is 224 g/mol. The number of phenols is 1. The van der Waals surface area contributed by atoms with Gasteiger partial charge in [0.25, 0.3) is 0 Å². The van der Waals surface area contributed by atoms with Crippen LogP contribution in [-0.4, -0.2) is 30.6 Å². The van der Waals surface area contributed by atoms with Crippen LogP contribution in [0.4, 0.5) is 0 Å². The predicted octanol–water partition coefficient (Wildman–Crippen LogP) is 0.988. The van der Waals surface area contributed by atoms with Crippen molar-refractivity contribution < 1.29 is 24.2 Å². The van der Waals surface area contributed by atoms with E-state index in [-0.39, 0.29) is 18.3 Å². The summed E-state index contributed by atoms with van der Waals surface area (Å²) >= 11 is 0. The van der Waals surface area contributed by atoms with Crippen LogP contribution in [0.25, 0.3) is 0 Å². The van der Waals surface area contributed by atoms with Gasteiger partial charge in [0.15, 0.2) is 24.1 Å². The van der Waals surface area contributed by atoms with Crippen molar-refractivity contribution in [2.75, 3.05) is 6.61 Å². The lowest BCUT2D eigenvalue weighted by atomic mass is 10.2. The van der Waals surface area contributed by atoms with Crippen LogP contribution in [0.3, 0.4) is 0 Å². The van der Waals surface area contributed by atoms with Gasteiger partial charge in [-0.25, -0.2) is 0 Å². The first kappa shape index (κ1) is 13.8. The fourth-order valence-electron chi connectivity index (χ4n) is 0.875. The molecule has 0 aliphatic heterocycles. The molecule has 0 fully saturated rings. The van der Waals surface area contributed by atoms with E-state index in [1.54, 1.807) is 0 Å². The molecule has 0 saturated heterocycles. The molecule has 5 heteroatoms. The van der Waals surface area contributed by atoms with Crippen LogP contribution in [0.5, 0.6) is 11.5 Å². The molecule has 0 radical (unpaired) electrons. The molecule has 0 amide bonds. The molecule has 0 unspecified atom stereocenters. The zero-order valence-electron chi connectivity index (χ0n) is 8.75. The number of carbonyl (C=O) groups is 3. The lowest BCUT2D eigenvalue weighted by Crippen LogP contribution is -1.92. The summed E-state index contributed by atoms with van der Waals surface area (Å²) in [5.74, 6) is 0.407. The first-order valence-electron chi connectivity index (χ1n) is 4.49. The molecule has 0 spiro atoms. The van der Waals surface area contributed by atoms with Crippen LogP contribution in [0.2, 0.25) is 0 Å². The smallest absolute Gasteiger partial charge is 0.182 e. The second-order valence-corrected chi connectivity index (χ2v) is 2.55. The molecule has 16 heavy (non-hydrogen) atoms.